The molecule has 0 saturated heterocycles. The standard InChI is InChI=1S/C14H23BrN4O/c1-6-7-19(9-12(20)16-5)11-8-10(15)17-13(18-11)14(2,3)4/h8H,6-7,9H2,1-5H3,(H,16,20). The first-order chi connectivity index (χ1) is 9.27. The lowest BCUT2D eigenvalue weighted by atomic mass is 9.96. The molecule has 0 aromatic carbocycles. The first-order valence-electron chi connectivity index (χ1n) is 6.78. The third-order valence-corrected chi connectivity index (χ3v) is 3.19. The van der Waals surface area contributed by atoms with Crippen LogP contribution in [0.4, 0.5) is 5.82 Å². The second kappa shape index (κ2) is 7.02. The van der Waals surface area contributed by atoms with Crippen LogP contribution in [0, 0.1) is 0 Å². The van der Waals surface area contributed by atoms with Crippen molar-refractivity contribution in [2.24, 2.45) is 0 Å². The zero-order valence-electron chi connectivity index (χ0n) is 12.8. The van der Waals surface area contributed by atoms with E-state index < -0.39 is 0 Å². The van der Waals surface area contributed by atoms with Crippen LogP contribution in [0.2, 0.25) is 0 Å². The van der Waals surface area contributed by atoms with Crippen LogP contribution in [0.5, 0.6) is 0 Å². The molecule has 112 valence electrons. The predicted molar refractivity (Wildman–Crippen MR) is 85.0 cm³/mol. The minimum absolute atomic E-state index is 0.0227. The molecule has 0 atom stereocenters. The van der Waals surface area contributed by atoms with E-state index in [9.17, 15) is 4.79 Å². The Hall–Kier alpha value is -1.17. The number of rotatable bonds is 5. The van der Waals surface area contributed by atoms with Crippen molar-refractivity contribution in [3.8, 4) is 0 Å². The molecule has 6 heteroatoms. The summed E-state index contributed by atoms with van der Waals surface area (Å²) in [6, 6.07) is 1.86. The number of hydrogen-bond donors (Lipinski definition) is 1. The second-order valence-corrected chi connectivity index (χ2v) is 6.53. The summed E-state index contributed by atoms with van der Waals surface area (Å²) in [6.45, 7) is 9.37. The van der Waals surface area contributed by atoms with E-state index in [1.54, 1.807) is 7.05 Å². The summed E-state index contributed by atoms with van der Waals surface area (Å²) >= 11 is 3.43. The highest BCUT2D eigenvalue weighted by molar-refractivity contribution is 9.10. The lowest BCUT2D eigenvalue weighted by Crippen LogP contribution is -2.37. The molecule has 0 aliphatic rings. The fourth-order valence-electron chi connectivity index (χ4n) is 1.70. The first kappa shape index (κ1) is 16.9. The zero-order valence-corrected chi connectivity index (χ0v) is 14.4. The fourth-order valence-corrected chi connectivity index (χ4v) is 2.07. The molecule has 1 rings (SSSR count). The minimum Gasteiger partial charge on any atom is -0.358 e. The van der Waals surface area contributed by atoms with Gasteiger partial charge in [0.15, 0.2) is 0 Å². The quantitative estimate of drug-likeness (QED) is 0.835. The van der Waals surface area contributed by atoms with Gasteiger partial charge in [-0.25, -0.2) is 9.97 Å². The topological polar surface area (TPSA) is 58.1 Å². The maximum atomic E-state index is 11.6. The Balaban J connectivity index is 3.12. The molecule has 1 heterocycles. The van der Waals surface area contributed by atoms with Crippen LogP contribution >= 0.6 is 15.9 Å². The smallest absolute Gasteiger partial charge is 0.239 e. The van der Waals surface area contributed by atoms with Crippen LogP contribution in [0.25, 0.3) is 0 Å². The molecular formula is C14H23BrN4O. The van der Waals surface area contributed by atoms with Gasteiger partial charge in [-0.2, -0.15) is 0 Å². The van der Waals surface area contributed by atoms with E-state index in [0.29, 0.717) is 6.54 Å². The Bertz CT molecular complexity index is 471. The first-order valence-corrected chi connectivity index (χ1v) is 7.57. The number of halogens is 1. The summed E-state index contributed by atoms with van der Waals surface area (Å²) in [4.78, 5) is 22.6. The molecular weight excluding hydrogens is 320 g/mol. The lowest BCUT2D eigenvalue weighted by molar-refractivity contribution is -0.119. The third-order valence-electron chi connectivity index (χ3n) is 2.78. The summed E-state index contributed by atoms with van der Waals surface area (Å²) in [5.41, 5.74) is -0.135. The highest BCUT2D eigenvalue weighted by atomic mass is 79.9. The minimum atomic E-state index is -0.135. The highest BCUT2D eigenvalue weighted by Crippen LogP contribution is 2.24. The Morgan fingerprint density at radius 1 is 1.40 bits per heavy atom. The van der Waals surface area contributed by atoms with E-state index in [1.807, 2.05) is 11.0 Å². The molecule has 1 aromatic heterocycles. The van der Waals surface area contributed by atoms with Crippen molar-refractivity contribution in [3.05, 3.63) is 16.5 Å². The fraction of sp³-hybridized carbons (Fsp3) is 0.643. The average Bonchev–Trinajstić information content (AvgIpc) is 2.36. The molecule has 1 aromatic rings. The maximum absolute atomic E-state index is 11.6. The lowest BCUT2D eigenvalue weighted by Gasteiger charge is -2.25. The van der Waals surface area contributed by atoms with Gasteiger partial charge in [0.25, 0.3) is 0 Å². The van der Waals surface area contributed by atoms with Crippen LogP contribution in [0.3, 0.4) is 0 Å². The Labute approximate surface area is 129 Å². The van der Waals surface area contributed by atoms with Crippen LogP contribution in [0.1, 0.15) is 39.9 Å². The molecule has 20 heavy (non-hydrogen) atoms. The van der Waals surface area contributed by atoms with Gasteiger partial charge < -0.3 is 10.2 Å². The zero-order chi connectivity index (χ0) is 15.3. The van der Waals surface area contributed by atoms with Gasteiger partial charge in [-0.1, -0.05) is 27.7 Å². The molecule has 1 amide bonds. The number of aromatic nitrogens is 2. The van der Waals surface area contributed by atoms with Crippen LogP contribution < -0.4 is 10.2 Å². The molecule has 0 aliphatic heterocycles. The number of carbonyl (C=O) groups is 1. The average molecular weight is 343 g/mol. The number of nitrogens with zero attached hydrogens (tertiary/aromatic N) is 3. The van der Waals surface area contributed by atoms with Gasteiger partial charge in [0.2, 0.25) is 5.91 Å². The predicted octanol–water partition coefficient (Wildman–Crippen LogP) is 2.50. The molecule has 0 fully saturated rings. The number of amides is 1. The van der Waals surface area contributed by atoms with E-state index in [-0.39, 0.29) is 11.3 Å². The number of likely N-dealkylation sites (N-methyl/N-ethyl adjacent to an activating group) is 1. The molecule has 5 nitrogen and oxygen atoms in total. The Kier molecular flexibility index (Phi) is 5.92. The Morgan fingerprint density at radius 3 is 2.55 bits per heavy atom. The SMILES string of the molecule is CCCN(CC(=O)NC)c1cc(Br)nc(C(C)(C)C)n1. The summed E-state index contributed by atoms with van der Waals surface area (Å²) in [5.74, 6) is 1.52. The van der Waals surface area contributed by atoms with Gasteiger partial charge in [-0.15, -0.1) is 0 Å². The Morgan fingerprint density at radius 2 is 2.05 bits per heavy atom. The van der Waals surface area contributed by atoms with Crippen molar-refractivity contribution in [1.82, 2.24) is 15.3 Å². The molecule has 0 saturated carbocycles. The largest absolute Gasteiger partial charge is 0.358 e. The van der Waals surface area contributed by atoms with Crippen molar-refractivity contribution in [2.75, 3.05) is 25.0 Å². The molecule has 0 bridgehead atoms. The van der Waals surface area contributed by atoms with E-state index in [4.69, 9.17) is 0 Å². The van der Waals surface area contributed by atoms with Crippen molar-refractivity contribution in [1.29, 1.82) is 0 Å². The number of nitrogens with one attached hydrogen (secondary N) is 1. The summed E-state index contributed by atoms with van der Waals surface area (Å²) in [5, 5.41) is 2.65. The molecule has 0 aliphatic carbocycles. The summed E-state index contributed by atoms with van der Waals surface area (Å²) < 4.78 is 0.741. The number of carbonyl (C=O) groups excluding carboxylic acids is 1. The second-order valence-electron chi connectivity index (χ2n) is 5.72. The molecule has 0 spiro atoms. The summed E-state index contributed by atoms with van der Waals surface area (Å²) in [6.07, 6.45) is 0.948. The van der Waals surface area contributed by atoms with Gasteiger partial charge in [0.1, 0.15) is 16.2 Å². The van der Waals surface area contributed by atoms with Gasteiger partial charge in [-0.3, -0.25) is 4.79 Å². The van der Waals surface area contributed by atoms with Gasteiger partial charge in [-0.05, 0) is 22.4 Å². The third kappa shape index (κ3) is 4.74. The van der Waals surface area contributed by atoms with E-state index in [1.165, 1.54) is 0 Å². The van der Waals surface area contributed by atoms with Crippen LogP contribution in [-0.4, -0.2) is 36.0 Å². The van der Waals surface area contributed by atoms with E-state index in [2.05, 4.69) is 58.9 Å². The maximum Gasteiger partial charge on any atom is 0.239 e. The normalized spacial score (nSPS) is 11.3. The van der Waals surface area contributed by atoms with E-state index in [0.717, 1.165) is 29.2 Å². The number of hydrogen-bond acceptors (Lipinski definition) is 4. The van der Waals surface area contributed by atoms with Gasteiger partial charge in [0.05, 0.1) is 6.54 Å². The van der Waals surface area contributed by atoms with Crippen molar-refractivity contribution < 1.29 is 4.79 Å². The number of anilines is 1. The highest BCUT2D eigenvalue weighted by Gasteiger charge is 2.21. The van der Waals surface area contributed by atoms with Gasteiger partial charge in [0, 0.05) is 25.1 Å². The molecule has 0 unspecified atom stereocenters. The van der Waals surface area contributed by atoms with Crippen molar-refractivity contribution in [3.63, 3.8) is 0 Å². The van der Waals surface area contributed by atoms with Crippen LogP contribution in [-0.2, 0) is 10.2 Å². The van der Waals surface area contributed by atoms with Crippen molar-refractivity contribution in [2.45, 2.75) is 39.5 Å². The van der Waals surface area contributed by atoms with Crippen molar-refractivity contribution >= 4 is 27.7 Å². The van der Waals surface area contributed by atoms with E-state index >= 15 is 0 Å². The van der Waals surface area contributed by atoms with Gasteiger partial charge >= 0.3 is 0 Å². The molecule has 1 N–H and O–H groups in total. The summed E-state index contributed by atoms with van der Waals surface area (Å²) in [7, 11) is 1.64. The monoisotopic (exact) mass is 342 g/mol. The van der Waals surface area contributed by atoms with Crippen LogP contribution in [0.15, 0.2) is 10.7 Å². The molecule has 0 radical (unpaired) electrons.